The van der Waals surface area contributed by atoms with Gasteiger partial charge in [-0.1, -0.05) is 36.4 Å². The highest BCUT2D eigenvalue weighted by Crippen LogP contribution is 2.32. The second kappa shape index (κ2) is 11.2. The Kier molecular flexibility index (Phi) is 7.80. The number of rotatable bonds is 5. The maximum atomic E-state index is 15.2. The average molecular weight is 553 g/mol. The first kappa shape index (κ1) is 27.8. The highest BCUT2D eigenvalue weighted by Gasteiger charge is 2.31. The van der Waals surface area contributed by atoms with Gasteiger partial charge in [0.15, 0.2) is 5.82 Å². The van der Waals surface area contributed by atoms with E-state index in [4.69, 9.17) is 11.5 Å². The highest BCUT2D eigenvalue weighted by atomic mass is 19.4. The van der Waals surface area contributed by atoms with Crippen LogP contribution in [0.25, 0.3) is 11.1 Å². The van der Waals surface area contributed by atoms with E-state index in [0.29, 0.717) is 29.3 Å². The number of nitrogens with one attached hydrogen (secondary N) is 2. The lowest BCUT2D eigenvalue weighted by Crippen LogP contribution is -2.20. The predicted octanol–water partition coefficient (Wildman–Crippen LogP) is 6.42. The fraction of sp³-hybridized carbons (Fsp3) is 0.0357. The molecule has 0 bridgehead atoms. The van der Waals surface area contributed by atoms with E-state index < -0.39 is 41.0 Å². The van der Waals surface area contributed by atoms with Gasteiger partial charge in [-0.15, -0.1) is 0 Å². The molecule has 0 spiro atoms. The lowest BCUT2D eigenvalue weighted by atomic mass is 10.0. The van der Waals surface area contributed by atoms with Crippen molar-refractivity contribution in [2.45, 2.75) is 6.18 Å². The van der Waals surface area contributed by atoms with Crippen LogP contribution < -0.4 is 22.1 Å². The maximum Gasteiger partial charge on any atom is 0.416 e. The fourth-order valence-corrected chi connectivity index (χ4v) is 3.67. The van der Waals surface area contributed by atoms with E-state index in [1.54, 1.807) is 30.3 Å². The smallest absolute Gasteiger partial charge is 0.396 e. The van der Waals surface area contributed by atoms with Crippen molar-refractivity contribution >= 4 is 34.8 Å². The monoisotopic (exact) mass is 553 g/mol. The lowest BCUT2D eigenvalue weighted by Gasteiger charge is -2.13. The van der Waals surface area contributed by atoms with Gasteiger partial charge in [0.25, 0.3) is 5.91 Å². The van der Waals surface area contributed by atoms with Crippen molar-refractivity contribution in [3.63, 3.8) is 0 Å². The summed E-state index contributed by atoms with van der Waals surface area (Å²) < 4.78 is 67.7. The third-order valence-electron chi connectivity index (χ3n) is 5.69. The quantitative estimate of drug-likeness (QED) is 0.0986. The molecule has 0 saturated heterocycles. The van der Waals surface area contributed by atoms with E-state index in [-0.39, 0.29) is 28.3 Å². The second-order valence-electron chi connectivity index (χ2n) is 8.41. The molecule has 0 fully saturated rings. The zero-order valence-corrected chi connectivity index (χ0v) is 20.4. The van der Waals surface area contributed by atoms with Crippen molar-refractivity contribution in [1.29, 1.82) is 0 Å². The van der Waals surface area contributed by atoms with Crippen LogP contribution in [-0.2, 0) is 6.18 Å². The normalized spacial score (nSPS) is 11.7. The number of aliphatic imine (C=N–C) groups is 1. The minimum Gasteiger partial charge on any atom is -0.396 e. The Hall–Kier alpha value is -5.26. The molecule has 204 valence electrons. The molecular weight excluding hydrogens is 533 g/mol. The number of alkyl halides is 3. The molecule has 4 rings (SSSR count). The van der Waals surface area contributed by atoms with E-state index in [2.05, 4.69) is 10.3 Å². The third-order valence-corrected chi connectivity index (χ3v) is 5.69. The van der Waals surface area contributed by atoms with Gasteiger partial charge < -0.3 is 22.1 Å². The van der Waals surface area contributed by atoms with Gasteiger partial charge in [-0.3, -0.25) is 4.79 Å². The number of anilines is 3. The molecule has 4 aromatic rings. The van der Waals surface area contributed by atoms with Crippen LogP contribution in [0.3, 0.4) is 0 Å². The van der Waals surface area contributed by atoms with E-state index in [1.807, 2.05) is 5.32 Å². The lowest BCUT2D eigenvalue weighted by molar-refractivity contribution is -0.137. The van der Waals surface area contributed by atoms with Crippen LogP contribution in [0.5, 0.6) is 0 Å². The Morgan fingerprint density at radius 1 is 0.825 bits per heavy atom. The molecule has 6 N–H and O–H groups in total. The largest absolute Gasteiger partial charge is 0.416 e. The molecule has 0 aliphatic rings. The summed E-state index contributed by atoms with van der Waals surface area (Å²) in [6, 6.07) is 17.3. The number of hydrogen-bond donors (Lipinski definition) is 4. The molecule has 0 heterocycles. The number of urea groups is 1. The summed E-state index contributed by atoms with van der Waals surface area (Å²) in [4.78, 5) is 28.3. The first-order valence-corrected chi connectivity index (χ1v) is 11.5. The molecule has 0 aromatic heterocycles. The molecule has 12 heteroatoms. The number of halogens is 5. The topological polar surface area (TPSA) is 123 Å². The summed E-state index contributed by atoms with van der Waals surface area (Å²) >= 11 is 0. The highest BCUT2D eigenvalue weighted by molar-refractivity contribution is 6.11. The minimum absolute atomic E-state index is 0.0299. The Bertz CT molecular complexity index is 1600. The molecule has 7 nitrogen and oxygen atoms in total. The molecule has 0 aliphatic carbocycles. The summed E-state index contributed by atoms with van der Waals surface area (Å²) in [6.07, 6.45) is -4.72. The Morgan fingerprint density at radius 3 is 2.15 bits per heavy atom. The second-order valence-corrected chi connectivity index (χ2v) is 8.41. The van der Waals surface area contributed by atoms with Gasteiger partial charge in [0.2, 0.25) is 0 Å². The molecule has 0 atom stereocenters. The number of amides is 3. The van der Waals surface area contributed by atoms with Crippen molar-refractivity contribution in [3.05, 3.63) is 113 Å². The number of hydrogen-bond acceptors (Lipinski definition) is 3. The number of nitrogen functional groups attached to an aromatic ring is 1. The van der Waals surface area contributed by atoms with Gasteiger partial charge >= 0.3 is 12.2 Å². The molecule has 0 saturated carbocycles. The van der Waals surface area contributed by atoms with E-state index in [0.717, 1.165) is 0 Å². The summed E-state index contributed by atoms with van der Waals surface area (Å²) in [7, 11) is 0. The number of nitrogens with zero attached hydrogens (tertiary/aromatic N) is 1. The van der Waals surface area contributed by atoms with Crippen molar-refractivity contribution in [2.24, 2.45) is 10.7 Å². The fourth-order valence-electron chi connectivity index (χ4n) is 3.67. The van der Waals surface area contributed by atoms with Crippen molar-refractivity contribution in [1.82, 2.24) is 0 Å². The molecule has 4 aromatic carbocycles. The predicted molar refractivity (Wildman–Crippen MR) is 142 cm³/mol. The van der Waals surface area contributed by atoms with E-state index in [1.165, 1.54) is 36.4 Å². The van der Waals surface area contributed by atoms with E-state index >= 15 is 4.39 Å². The minimum atomic E-state index is -4.72. The summed E-state index contributed by atoms with van der Waals surface area (Å²) in [5.74, 6) is -2.75. The van der Waals surface area contributed by atoms with Gasteiger partial charge in [-0.05, 0) is 54.1 Å². The van der Waals surface area contributed by atoms with Crippen molar-refractivity contribution < 1.29 is 31.5 Å². The molecule has 0 radical (unpaired) electrons. The summed E-state index contributed by atoms with van der Waals surface area (Å²) in [5, 5.41) is 4.38. The number of carbonyl (C=O) groups excluding carboxylic acids is 2. The van der Waals surface area contributed by atoms with Gasteiger partial charge in [0.1, 0.15) is 11.7 Å². The zero-order valence-electron chi connectivity index (χ0n) is 20.4. The first-order chi connectivity index (χ1) is 18.9. The number of amidine groups is 1. The number of benzene rings is 4. The van der Waals surface area contributed by atoms with Crippen LogP contribution in [-0.4, -0.2) is 17.8 Å². The van der Waals surface area contributed by atoms with Crippen LogP contribution in [0, 0.1) is 11.6 Å². The Balaban J connectivity index is 1.48. The average Bonchev–Trinajstić information content (AvgIpc) is 2.91. The Morgan fingerprint density at radius 2 is 1.50 bits per heavy atom. The van der Waals surface area contributed by atoms with Gasteiger partial charge in [0.05, 0.1) is 16.9 Å². The molecule has 0 unspecified atom stereocenters. The number of nitrogens with two attached hydrogens (primary N) is 2. The van der Waals surface area contributed by atoms with Crippen LogP contribution in [0.1, 0.15) is 21.5 Å². The van der Waals surface area contributed by atoms with Crippen molar-refractivity contribution in [2.75, 3.05) is 16.4 Å². The SMILES string of the molecule is NC(=NC(=O)c1ccccc1)c1ccc(-c2ccc(NC(=O)Nc3cc(C(F)(F)F)ccc3F)cc2)c(F)c1N. The number of carbonyl (C=O) groups is 2. The van der Waals surface area contributed by atoms with E-state index in [9.17, 15) is 27.2 Å². The van der Waals surface area contributed by atoms with Crippen LogP contribution in [0.2, 0.25) is 0 Å². The van der Waals surface area contributed by atoms with Crippen LogP contribution in [0.4, 0.5) is 43.8 Å². The standard InChI is InChI=1S/C28H20F5N5O2/c29-21-13-8-17(28(31,32)33)14-22(21)37-27(40)36-18-9-6-15(7-10-18)19-11-12-20(24(34)23(19)30)25(35)38-26(39)16-4-2-1-3-5-16/h1-14H,34H2,(H2,35,38,39)(H2,36,37,40). The van der Waals surface area contributed by atoms with Crippen LogP contribution in [0.15, 0.2) is 89.9 Å². The van der Waals surface area contributed by atoms with Crippen molar-refractivity contribution in [3.8, 4) is 11.1 Å². The third kappa shape index (κ3) is 6.23. The first-order valence-electron chi connectivity index (χ1n) is 11.5. The maximum absolute atomic E-state index is 15.2. The van der Waals surface area contributed by atoms with Gasteiger partial charge in [-0.2, -0.15) is 18.2 Å². The molecule has 0 aliphatic heterocycles. The summed E-state index contributed by atoms with van der Waals surface area (Å²) in [6.45, 7) is 0. The van der Waals surface area contributed by atoms with Gasteiger partial charge in [0, 0.05) is 22.4 Å². The molecular formula is C28H20F5N5O2. The molecule has 3 amide bonds. The zero-order chi connectivity index (χ0) is 29.0. The summed E-state index contributed by atoms with van der Waals surface area (Å²) in [5.41, 5.74) is 10.7. The van der Waals surface area contributed by atoms with Gasteiger partial charge in [-0.25, -0.2) is 13.6 Å². The van der Waals surface area contributed by atoms with Crippen LogP contribution >= 0.6 is 0 Å². The molecule has 40 heavy (non-hydrogen) atoms. The Labute approximate surface area is 224 Å².